The molecule has 1 aliphatic heterocycles. The van der Waals surface area contributed by atoms with Crippen LogP contribution in [-0.4, -0.2) is 17.9 Å². The Kier molecular flexibility index (Phi) is 2.98. The first-order valence-electron chi connectivity index (χ1n) is 5.03. The molecular weight excluding hydrogens is 180 g/mol. The highest BCUT2D eigenvalue weighted by Gasteiger charge is 2.35. The van der Waals surface area contributed by atoms with Gasteiger partial charge in [-0.1, -0.05) is 27.7 Å². The average molecular weight is 198 g/mol. The molecule has 0 unspecified atom stereocenters. The SMILES string of the molecule is C[C@@H]1CC(=O)O[C@H]1CC(=O)C(C)(C)C. The van der Waals surface area contributed by atoms with Gasteiger partial charge in [-0.05, 0) is 0 Å². The summed E-state index contributed by atoms with van der Waals surface area (Å²) in [4.78, 5) is 22.6. The molecule has 0 aliphatic carbocycles. The normalized spacial score (nSPS) is 27.6. The molecule has 1 fully saturated rings. The number of ketones is 1. The molecule has 0 N–H and O–H groups in total. The molecule has 1 heterocycles. The molecule has 0 radical (unpaired) electrons. The van der Waals surface area contributed by atoms with Crippen molar-refractivity contribution < 1.29 is 14.3 Å². The van der Waals surface area contributed by atoms with Gasteiger partial charge in [-0.3, -0.25) is 9.59 Å². The van der Waals surface area contributed by atoms with Gasteiger partial charge in [0.2, 0.25) is 0 Å². The number of ether oxygens (including phenoxy) is 1. The molecule has 1 aliphatic rings. The lowest BCUT2D eigenvalue weighted by Gasteiger charge is -2.20. The van der Waals surface area contributed by atoms with E-state index < -0.39 is 0 Å². The number of cyclic esters (lactones) is 1. The summed E-state index contributed by atoms with van der Waals surface area (Å²) in [5, 5.41) is 0. The summed E-state index contributed by atoms with van der Waals surface area (Å²) in [5.74, 6) is 0.155. The van der Waals surface area contributed by atoms with E-state index in [1.165, 1.54) is 0 Å². The van der Waals surface area contributed by atoms with Crippen LogP contribution in [0.3, 0.4) is 0 Å². The summed E-state index contributed by atoms with van der Waals surface area (Å²) in [6.45, 7) is 7.61. The topological polar surface area (TPSA) is 43.4 Å². The molecule has 0 aromatic rings. The van der Waals surface area contributed by atoms with E-state index in [0.29, 0.717) is 12.8 Å². The van der Waals surface area contributed by atoms with Crippen LogP contribution in [0.25, 0.3) is 0 Å². The third kappa shape index (κ3) is 2.56. The molecular formula is C11H18O3. The molecule has 0 amide bonds. The monoisotopic (exact) mass is 198 g/mol. The summed E-state index contributed by atoms with van der Waals surface area (Å²) in [6, 6.07) is 0. The van der Waals surface area contributed by atoms with Crippen LogP contribution >= 0.6 is 0 Å². The number of Topliss-reactive ketones (excluding diaryl/α,β-unsaturated/α-hetero) is 1. The minimum atomic E-state index is -0.339. The van der Waals surface area contributed by atoms with E-state index in [1.807, 2.05) is 27.7 Å². The van der Waals surface area contributed by atoms with Crippen LogP contribution in [0.1, 0.15) is 40.5 Å². The molecule has 14 heavy (non-hydrogen) atoms. The van der Waals surface area contributed by atoms with Gasteiger partial charge in [0.25, 0.3) is 0 Å². The van der Waals surface area contributed by atoms with E-state index in [-0.39, 0.29) is 29.2 Å². The van der Waals surface area contributed by atoms with Gasteiger partial charge in [0.15, 0.2) is 0 Å². The average Bonchev–Trinajstić information content (AvgIpc) is 2.28. The lowest BCUT2D eigenvalue weighted by atomic mass is 9.85. The van der Waals surface area contributed by atoms with Crippen molar-refractivity contribution in [1.29, 1.82) is 0 Å². The zero-order valence-electron chi connectivity index (χ0n) is 9.29. The Morgan fingerprint density at radius 1 is 1.50 bits per heavy atom. The summed E-state index contributed by atoms with van der Waals surface area (Å²) in [5.41, 5.74) is -0.339. The largest absolute Gasteiger partial charge is 0.462 e. The van der Waals surface area contributed by atoms with Crippen molar-refractivity contribution in [2.75, 3.05) is 0 Å². The van der Waals surface area contributed by atoms with E-state index in [0.717, 1.165) is 0 Å². The third-order valence-corrected chi connectivity index (χ3v) is 2.63. The second-order valence-corrected chi connectivity index (χ2v) is 5.09. The minimum Gasteiger partial charge on any atom is -0.462 e. The molecule has 0 aromatic heterocycles. The number of carbonyl (C=O) groups is 2. The van der Waals surface area contributed by atoms with Gasteiger partial charge in [0.1, 0.15) is 11.9 Å². The molecule has 0 spiro atoms. The molecule has 3 heteroatoms. The standard InChI is InChI=1S/C11H18O3/c1-7-5-10(13)14-8(7)6-9(12)11(2,3)4/h7-8H,5-6H2,1-4H3/t7-,8+/m1/s1. The Morgan fingerprint density at radius 3 is 2.43 bits per heavy atom. The molecule has 0 aromatic carbocycles. The zero-order chi connectivity index (χ0) is 10.9. The van der Waals surface area contributed by atoms with Crippen LogP contribution in [0.4, 0.5) is 0 Å². The minimum absolute atomic E-state index is 0.157. The molecule has 1 saturated heterocycles. The summed E-state index contributed by atoms with van der Waals surface area (Å²) >= 11 is 0. The van der Waals surface area contributed by atoms with Crippen molar-refractivity contribution in [3.63, 3.8) is 0 Å². The first kappa shape index (κ1) is 11.2. The van der Waals surface area contributed by atoms with Gasteiger partial charge in [-0.25, -0.2) is 0 Å². The maximum atomic E-state index is 11.7. The lowest BCUT2D eigenvalue weighted by Crippen LogP contribution is -2.27. The van der Waals surface area contributed by atoms with Gasteiger partial charge >= 0.3 is 5.97 Å². The van der Waals surface area contributed by atoms with Gasteiger partial charge in [-0.2, -0.15) is 0 Å². The maximum absolute atomic E-state index is 11.7. The first-order valence-corrected chi connectivity index (χ1v) is 5.03. The zero-order valence-corrected chi connectivity index (χ0v) is 9.29. The van der Waals surface area contributed by atoms with E-state index >= 15 is 0 Å². The van der Waals surface area contributed by atoms with Gasteiger partial charge < -0.3 is 4.74 Å². The van der Waals surface area contributed by atoms with Crippen molar-refractivity contribution >= 4 is 11.8 Å². The highest BCUT2D eigenvalue weighted by atomic mass is 16.5. The Morgan fingerprint density at radius 2 is 2.07 bits per heavy atom. The van der Waals surface area contributed by atoms with Crippen molar-refractivity contribution in [1.82, 2.24) is 0 Å². The molecule has 2 atom stereocenters. The molecule has 0 bridgehead atoms. The van der Waals surface area contributed by atoms with Crippen LogP contribution < -0.4 is 0 Å². The van der Waals surface area contributed by atoms with Gasteiger partial charge in [0.05, 0.1) is 6.42 Å². The molecule has 80 valence electrons. The predicted molar refractivity (Wildman–Crippen MR) is 52.7 cm³/mol. The molecule has 0 saturated carbocycles. The Bertz CT molecular complexity index is 250. The number of rotatable bonds is 2. The maximum Gasteiger partial charge on any atom is 0.306 e. The first-order chi connectivity index (χ1) is 6.30. The van der Waals surface area contributed by atoms with Crippen molar-refractivity contribution in [2.24, 2.45) is 11.3 Å². The van der Waals surface area contributed by atoms with E-state index in [9.17, 15) is 9.59 Å². The van der Waals surface area contributed by atoms with E-state index in [2.05, 4.69) is 0 Å². The predicted octanol–water partition coefficient (Wildman–Crippen LogP) is 1.94. The van der Waals surface area contributed by atoms with Gasteiger partial charge in [0, 0.05) is 17.8 Å². The summed E-state index contributed by atoms with van der Waals surface area (Å²) in [7, 11) is 0. The van der Waals surface area contributed by atoms with Crippen molar-refractivity contribution in [2.45, 2.75) is 46.6 Å². The van der Waals surface area contributed by atoms with E-state index in [1.54, 1.807) is 0 Å². The summed E-state index contributed by atoms with van der Waals surface area (Å²) < 4.78 is 5.08. The highest BCUT2D eigenvalue weighted by Crippen LogP contribution is 2.27. The van der Waals surface area contributed by atoms with Crippen LogP contribution in [-0.2, 0) is 14.3 Å². The smallest absolute Gasteiger partial charge is 0.306 e. The second kappa shape index (κ2) is 3.71. The quantitative estimate of drug-likeness (QED) is 0.637. The van der Waals surface area contributed by atoms with Crippen molar-refractivity contribution in [3.05, 3.63) is 0 Å². The number of esters is 1. The van der Waals surface area contributed by atoms with Crippen LogP contribution in [0.15, 0.2) is 0 Å². The number of hydrogen-bond acceptors (Lipinski definition) is 3. The molecule has 1 rings (SSSR count). The van der Waals surface area contributed by atoms with Gasteiger partial charge in [-0.15, -0.1) is 0 Å². The highest BCUT2D eigenvalue weighted by molar-refractivity contribution is 5.85. The Labute approximate surface area is 84.8 Å². The molecule has 3 nitrogen and oxygen atoms in total. The Hall–Kier alpha value is -0.860. The fourth-order valence-electron chi connectivity index (χ4n) is 1.46. The second-order valence-electron chi connectivity index (χ2n) is 5.09. The number of carbonyl (C=O) groups excluding carboxylic acids is 2. The summed E-state index contributed by atoms with van der Waals surface area (Å²) in [6.07, 6.45) is 0.604. The fraction of sp³-hybridized carbons (Fsp3) is 0.818. The van der Waals surface area contributed by atoms with E-state index in [4.69, 9.17) is 4.74 Å². The van der Waals surface area contributed by atoms with Crippen LogP contribution in [0, 0.1) is 11.3 Å². The third-order valence-electron chi connectivity index (χ3n) is 2.63. The number of hydrogen-bond donors (Lipinski definition) is 0. The Balaban J connectivity index is 2.53. The van der Waals surface area contributed by atoms with Crippen molar-refractivity contribution in [3.8, 4) is 0 Å². The lowest BCUT2D eigenvalue weighted by molar-refractivity contribution is -0.143. The van der Waals surface area contributed by atoms with Crippen LogP contribution in [0.5, 0.6) is 0 Å². The van der Waals surface area contributed by atoms with Crippen LogP contribution in [0.2, 0.25) is 0 Å². The fourth-order valence-corrected chi connectivity index (χ4v) is 1.46.